The first kappa shape index (κ1) is 17.2. The van der Waals surface area contributed by atoms with Crippen LogP contribution in [0.5, 0.6) is 0 Å². The number of aromatic nitrogens is 1. The molecule has 3 aromatic rings. The van der Waals surface area contributed by atoms with Crippen LogP contribution in [0.25, 0.3) is 16.6 Å². The van der Waals surface area contributed by atoms with Crippen LogP contribution in [0.4, 0.5) is 17.6 Å². The van der Waals surface area contributed by atoms with Crippen LogP contribution in [0.1, 0.15) is 10.4 Å². The summed E-state index contributed by atoms with van der Waals surface area (Å²) in [5, 5.41) is 8.68. The van der Waals surface area contributed by atoms with Gasteiger partial charge in [0.2, 0.25) is 5.43 Å². The average molecular weight is 416 g/mol. The predicted molar refractivity (Wildman–Crippen MR) is 84.0 cm³/mol. The van der Waals surface area contributed by atoms with Gasteiger partial charge in [0.25, 0.3) is 0 Å². The van der Waals surface area contributed by atoms with E-state index in [0.717, 1.165) is 22.9 Å². The fourth-order valence-corrected chi connectivity index (χ4v) is 3.00. The van der Waals surface area contributed by atoms with Crippen LogP contribution in [-0.4, -0.2) is 15.6 Å². The number of aromatic carboxylic acids is 1. The second-order valence-electron chi connectivity index (χ2n) is 5.03. The molecule has 0 aliphatic heterocycles. The van der Waals surface area contributed by atoms with Crippen molar-refractivity contribution in [2.45, 2.75) is 0 Å². The Hall–Kier alpha value is -2.68. The monoisotopic (exact) mass is 415 g/mol. The van der Waals surface area contributed by atoms with Crippen molar-refractivity contribution in [2.24, 2.45) is 0 Å². The largest absolute Gasteiger partial charge is 0.477 e. The van der Waals surface area contributed by atoms with Crippen molar-refractivity contribution in [3.8, 4) is 5.69 Å². The summed E-state index contributed by atoms with van der Waals surface area (Å²) < 4.78 is 55.2. The molecule has 0 spiro atoms. The number of halogens is 5. The number of hydrogen-bond donors (Lipinski definition) is 1. The zero-order chi connectivity index (χ0) is 18.5. The highest BCUT2D eigenvalue weighted by molar-refractivity contribution is 9.10. The molecule has 1 heterocycles. The highest BCUT2D eigenvalue weighted by Crippen LogP contribution is 2.30. The lowest BCUT2D eigenvalue weighted by molar-refractivity contribution is 0.0695. The first-order chi connectivity index (χ1) is 11.7. The predicted octanol–water partition coefficient (Wildman–Crippen LogP) is 4.01. The summed E-state index contributed by atoms with van der Waals surface area (Å²) in [7, 11) is 0. The summed E-state index contributed by atoms with van der Waals surface area (Å²) >= 11 is 2.80. The van der Waals surface area contributed by atoms with Crippen LogP contribution in [0.2, 0.25) is 0 Å². The second kappa shape index (κ2) is 5.99. The molecular formula is C16H6BrF4NO3. The maximum atomic E-state index is 14.1. The Kier molecular flexibility index (Phi) is 4.11. The van der Waals surface area contributed by atoms with Gasteiger partial charge >= 0.3 is 5.97 Å². The first-order valence-corrected chi connectivity index (χ1v) is 7.43. The van der Waals surface area contributed by atoms with E-state index >= 15 is 0 Å². The molecule has 2 aromatic carbocycles. The van der Waals surface area contributed by atoms with Gasteiger partial charge in [-0.15, -0.1) is 0 Å². The van der Waals surface area contributed by atoms with Crippen LogP contribution in [0.3, 0.4) is 0 Å². The Morgan fingerprint density at radius 1 is 1.08 bits per heavy atom. The number of fused-ring (bicyclic) bond motifs is 1. The van der Waals surface area contributed by atoms with E-state index in [1.165, 1.54) is 0 Å². The molecule has 1 N–H and O–H groups in total. The Balaban J connectivity index is 2.57. The minimum Gasteiger partial charge on any atom is -0.477 e. The third kappa shape index (κ3) is 2.70. The molecule has 3 rings (SSSR count). The van der Waals surface area contributed by atoms with Gasteiger partial charge in [0.1, 0.15) is 17.2 Å². The summed E-state index contributed by atoms with van der Waals surface area (Å²) in [6.45, 7) is 0. The van der Waals surface area contributed by atoms with Gasteiger partial charge in [-0.2, -0.15) is 0 Å². The molecule has 0 bridgehead atoms. The van der Waals surface area contributed by atoms with Crippen molar-refractivity contribution >= 4 is 32.8 Å². The Bertz CT molecular complexity index is 1110. The lowest BCUT2D eigenvalue weighted by atomic mass is 10.1. The van der Waals surface area contributed by atoms with Crippen molar-refractivity contribution in [3.63, 3.8) is 0 Å². The van der Waals surface area contributed by atoms with Gasteiger partial charge in [0.15, 0.2) is 11.6 Å². The number of pyridine rings is 1. The second-order valence-corrected chi connectivity index (χ2v) is 5.82. The first-order valence-electron chi connectivity index (χ1n) is 6.64. The van der Waals surface area contributed by atoms with Crippen LogP contribution >= 0.6 is 15.9 Å². The van der Waals surface area contributed by atoms with Crippen LogP contribution in [-0.2, 0) is 0 Å². The van der Waals surface area contributed by atoms with Gasteiger partial charge in [0, 0.05) is 12.3 Å². The number of carboxylic acids is 1. The van der Waals surface area contributed by atoms with Crippen LogP contribution in [0, 0.1) is 23.3 Å². The summed E-state index contributed by atoms with van der Waals surface area (Å²) in [4.78, 5) is 23.5. The standard InChI is InChI=1S/C16H6BrF4NO3/c17-12-13(21)10(20)4-7-14(12)22(5-8(15(7)23)16(24)25)11-2-1-6(18)3-9(11)19/h1-5H,(H,24,25). The van der Waals surface area contributed by atoms with E-state index in [9.17, 15) is 27.2 Å². The Morgan fingerprint density at radius 3 is 2.36 bits per heavy atom. The molecule has 0 radical (unpaired) electrons. The van der Waals surface area contributed by atoms with Crippen molar-refractivity contribution < 1.29 is 27.5 Å². The van der Waals surface area contributed by atoms with E-state index in [1.807, 2.05) is 0 Å². The molecule has 0 saturated carbocycles. The molecule has 0 unspecified atom stereocenters. The maximum Gasteiger partial charge on any atom is 0.341 e. The number of rotatable bonds is 2. The summed E-state index contributed by atoms with van der Waals surface area (Å²) in [6.07, 6.45) is 0.769. The van der Waals surface area contributed by atoms with Gasteiger partial charge in [-0.3, -0.25) is 4.79 Å². The maximum absolute atomic E-state index is 14.1. The SMILES string of the molecule is O=C(O)c1cn(-c2ccc(F)cc2F)c2c(Br)c(F)c(F)cc2c1=O. The zero-order valence-electron chi connectivity index (χ0n) is 12.0. The molecule has 0 aliphatic carbocycles. The lowest BCUT2D eigenvalue weighted by Gasteiger charge is -2.15. The summed E-state index contributed by atoms with van der Waals surface area (Å²) in [5.41, 5.74) is -2.49. The molecule has 0 atom stereocenters. The molecule has 128 valence electrons. The molecule has 0 amide bonds. The molecule has 4 nitrogen and oxygen atoms in total. The number of benzene rings is 2. The number of carboxylic acid groups (broad SMARTS) is 1. The molecule has 1 aromatic heterocycles. The van der Waals surface area contributed by atoms with E-state index in [-0.39, 0.29) is 11.2 Å². The van der Waals surface area contributed by atoms with Crippen molar-refractivity contribution in [3.05, 3.63) is 74.0 Å². The number of nitrogens with zero attached hydrogens (tertiary/aromatic N) is 1. The smallest absolute Gasteiger partial charge is 0.341 e. The quantitative estimate of drug-likeness (QED) is 0.508. The average Bonchev–Trinajstić information content (AvgIpc) is 2.54. The number of carbonyl (C=O) groups is 1. The van der Waals surface area contributed by atoms with Crippen LogP contribution < -0.4 is 5.43 Å². The summed E-state index contributed by atoms with van der Waals surface area (Å²) in [5.74, 6) is -6.33. The molecule has 25 heavy (non-hydrogen) atoms. The molecule has 0 saturated heterocycles. The van der Waals surface area contributed by atoms with Gasteiger partial charge in [0.05, 0.1) is 21.1 Å². The van der Waals surface area contributed by atoms with Gasteiger partial charge in [-0.05, 0) is 34.1 Å². The van der Waals surface area contributed by atoms with E-state index < -0.39 is 50.1 Å². The fraction of sp³-hybridized carbons (Fsp3) is 0. The van der Waals surface area contributed by atoms with E-state index in [1.54, 1.807) is 0 Å². The third-order valence-electron chi connectivity index (χ3n) is 3.52. The van der Waals surface area contributed by atoms with E-state index in [0.29, 0.717) is 12.1 Å². The number of hydrogen-bond acceptors (Lipinski definition) is 2. The normalized spacial score (nSPS) is 11.1. The molecule has 0 aliphatic rings. The van der Waals surface area contributed by atoms with Crippen LogP contribution in [0.15, 0.2) is 39.7 Å². The lowest BCUT2D eigenvalue weighted by Crippen LogP contribution is -2.19. The van der Waals surface area contributed by atoms with Crippen molar-refractivity contribution in [1.29, 1.82) is 0 Å². The Morgan fingerprint density at radius 2 is 1.76 bits per heavy atom. The molecule has 9 heteroatoms. The highest BCUT2D eigenvalue weighted by Gasteiger charge is 2.22. The summed E-state index contributed by atoms with van der Waals surface area (Å²) in [6, 6.07) is 2.94. The molecular weight excluding hydrogens is 410 g/mol. The fourth-order valence-electron chi connectivity index (χ4n) is 2.41. The topological polar surface area (TPSA) is 59.3 Å². The van der Waals surface area contributed by atoms with Crippen molar-refractivity contribution in [1.82, 2.24) is 4.57 Å². The Labute approximate surface area is 145 Å². The van der Waals surface area contributed by atoms with E-state index in [2.05, 4.69) is 15.9 Å². The minimum atomic E-state index is -1.64. The highest BCUT2D eigenvalue weighted by atomic mass is 79.9. The van der Waals surface area contributed by atoms with Crippen molar-refractivity contribution in [2.75, 3.05) is 0 Å². The van der Waals surface area contributed by atoms with E-state index in [4.69, 9.17) is 5.11 Å². The third-order valence-corrected chi connectivity index (χ3v) is 4.25. The van der Waals surface area contributed by atoms with Gasteiger partial charge < -0.3 is 9.67 Å². The zero-order valence-corrected chi connectivity index (χ0v) is 13.6. The van der Waals surface area contributed by atoms with Gasteiger partial charge in [-0.25, -0.2) is 22.4 Å². The minimum absolute atomic E-state index is 0.292. The van der Waals surface area contributed by atoms with Gasteiger partial charge in [-0.1, -0.05) is 0 Å². The molecule has 0 fully saturated rings.